The third-order valence-corrected chi connectivity index (χ3v) is 3.66. The number of ether oxygens (including phenoxy) is 1. The fraction of sp³-hybridized carbons (Fsp3) is 0.250. The van der Waals surface area contributed by atoms with Crippen LogP contribution < -0.4 is 4.74 Å². The van der Waals surface area contributed by atoms with Crippen molar-refractivity contribution in [3.05, 3.63) is 33.6 Å². The average molecular weight is 252 g/mol. The molecule has 0 saturated carbocycles. The molecule has 2 heterocycles. The van der Waals surface area contributed by atoms with Gasteiger partial charge in [-0.2, -0.15) is 0 Å². The second-order valence-electron chi connectivity index (χ2n) is 3.76. The van der Waals surface area contributed by atoms with Crippen molar-refractivity contribution in [2.45, 2.75) is 12.8 Å². The fourth-order valence-electron chi connectivity index (χ4n) is 1.90. The molecule has 1 aromatic heterocycles. The van der Waals surface area contributed by atoms with Gasteiger partial charge in [0.2, 0.25) is 0 Å². The van der Waals surface area contributed by atoms with Crippen LogP contribution in [0.2, 0.25) is 4.47 Å². The average Bonchev–Trinajstić information content (AvgIpc) is 2.75. The molecule has 0 N–H and O–H groups in total. The van der Waals surface area contributed by atoms with Gasteiger partial charge in [0, 0.05) is 10.9 Å². The minimum absolute atomic E-state index is 0.587. The van der Waals surface area contributed by atoms with Crippen molar-refractivity contribution in [3.8, 4) is 17.0 Å². The van der Waals surface area contributed by atoms with E-state index >= 15 is 0 Å². The van der Waals surface area contributed by atoms with Crippen LogP contribution in [-0.4, -0.2) is 11.6 Å². The van der Waals surface area contributed by atoms with Crippen LogP contribution in [0.4, 0.5) is 0 Å². The molecule has 0 bridgehead atoms. The zero-order chi connectivity index (χ0) is 11.0. The van der Waals surface area contributed by atoms with Crippen molar-refractivity contribution >= 4 is 22.9 Å². The van der Waals surface area contributed by atoms with Gasteiger partial charge >= 0.3 is 0 Å². The number of rotatable bonds is 1. The van der Waals surface area contributed by atoms with Crippen LogP contribution in [0.15, 0.2) is 23.6 Å². The molecular formula is C12H10ClNOS. The molecule has 16 heavy (non-hydrogen) atoms. The molecule has 0 radical (unpaired) electrons. The molecule has 0 amide bonds. The quantitative estimate of drug-likeness (QED) is 0.769. The van der Waals surface area contributed by atoms with Gasteiger partial charge in [0.25, 0.3) is 0 Å². The number of nitrogens with zero attached hydrogens (tertiary/aromatic N) is 1. The molecule has 2 nitrogen and oxygen atoms in total. The number of fused-ring (bicyclic) bond motifs is 1. The Balaban J connectivity index is 2.02. The van der Waals surface area contributed by atoms with Crippen molar-refractivity contribution in [2.75, 3.05) is 6.61 Å². The predicted octanol–water partition coefficient (Wildman–Crippen LogP) is 3.79. The Hall–Kier alpha value is -1.06. The number of hydrogen-bond donors (Lipinski definition) is 0. The molecule has 0 atom stereocenters. The lowest BCUT2D eigenvalue weighted by Gasteiger charge is -2.17. The van der Waals surface area contributed by atoms with Crippen LogP contribution in [-0.2, 0) is 6.42 Å². The Morgan fingerprint density at radius 3 is 3.12 bits per heavy atom. The summed E-state index contributed by atoms with van der Waals surface area (Å²) in [5, 5.41) is 1.98. The lowest BCUT2D eigenvalue weighted by molar-refractivity contribution is 0.288. The highest BCUT2D eigenvalue weighted by molar-refractivity contribution is 7.14. The highest BCUT2D eigenvalue weighted by atomic mass is 35.5. The molecule has 4 heteroatoms. The summed E-state index contributed by atoms with van der Waals surface area (Å²) >= 11 is 7.30. The molecule has 3 rings (SSSR count). The van der Waals surface area contributed by atoms with Gasteiger partial charge in [-0.15, -0.1) is 11.3 Å². The smallest absolute Gasteiger partial charge is 0.184 e. The summed E-state index contributed by atoms with van der Waals surface area (Å²) in [4.78, 5) is 4.27. The van der Waals surface area contributed by atoms with E-state index in [1.54, 1.807) is 0 Å². The standard InChI is InChI=1S/C12H10ClNOS/c13-12-14-10(7-16-12)8-3-4-11-9(6-8)2-1-5-15-11/h3-4,6-7H,1-2,5H2. The first-order valence-electron chi connectivity index (χ1n) is 5.20. The third kappa shape index (κ3) is 1.81. The van der Waals surface area contributed by atoms with Crippen molar-refractivity contribution in [3.63, 3.8) is 0 Å². The van der Waals surface area contributed by atoms with Gasteiger partial charge in [-0.3, -0.25) is 0 Å². The van der Waals surface area contributed by atoms with Gasteiger partial charge in [-0.25, -0.2) is 4.98 Å². The SMILES string of the molecule is Clc1nc(-c2ccc3c(c2)CCCO3)cs1. The first-order valence-corrected chi connectivity index (χ1v) is 6.46. The van der Waals surface area contributed by atoms with Crippen molar-refractivity contribution in [1.82, 2.24) is 4.98 Å². The first kappa shape index (κ1) is 10.1. The maximum atomic E-state index is 5.84. The number of aryl methyl sites for hydroxylation is 1. The van der Waals surface area contributed by atoms with Crippen LogP contribution in [0.3, 0.4) is 0 Å². The summed E-state index contributed by atoms with van der Waals surface area (Å²) in [6.07, 6.45) is 2.18. The number of hydrogen-bond acceptors (Lipinski definition) is 3. The second-order valence-corrected chi connectivity index (χ2v) is 5.20. The zero-order valence-corrected chi connectivity index (χ0v) is 10.1. The molecular weight excluding hydrogens is 242 g/mol. The van der Waals surface area contributed by atoms with E-state index in [-0.39, 0.29) is 0 Å². The van der Waals surface area contributed by atoms with E-state index in [1.807, 2.05) is 17.5 Å². The number of aromatic nitrogens is 1. The summed E-state index contributed by atoms with van der Waals surface area (Å²) in [7, 11) is 0. The largest absolute Gasteiger partial charge is 0.493 e. The molecule has 0 unspecified atom stereocenters. The van der Waals surface area contributed by atoms with Gasteiger partial charge in [0.15, 0.2) is 4.47 Å². The maximum absolute atomic E-state index is 5.84. The minimum atomic E-state index is 0.587. The van der Waals surface area contributed by atoms with Crippen LogP contribution in [0.5, 0.6) is 5.75 Å². The molecule has 0 saturated heterocycles. The Bertz CT molecular complexity index is 523. The maximum Gasteiger partial charge on any atom is 0.184 e. The predicted molar refractivity (Wildman–Crippen MR) is 66.4 cm³/mol. The molecule has 2 aromatic rings. The van der Waals surface area contributed by atoms with E-state index in [0.717, 1.165) is 36.5 Å². The minimum Gasteiger partial charge on any atom is -0.493 e. The molecule has 1 aromatic carbocycles. The van der Waals surface area contributed by atoms with Crippen molar-refractivity contribution in [2.24, 2.45) is 0 Å². The Morgan fingerprint density at radius 2 is 2.31 bits per heavy atom. The Labute approximate surface area is 103 Å². The summed E-state index contributed by atoms with van der Waals surface area (Å²) < 4.78 is 6.16. The third-order valence-electron chi connectivity index (χ3n) is 2.68. The van der Waals surface area contributed by atoms with Crippen LogP contribution >= 0.6 is 22.9 Å². The zero-order valence-electron chi connectivity index (χ0n) is 8.57. The molecule has 0 aliphatic carbocycles. The van der Waals surface area contributed by atoms with Crippen LogP contribution in [0, 0.1) is 0 Å². The van der Waals surface area contributed by atoms with E-state index in [0.29, 0.717) is 4.47 Å². The monoisotopic (exact) mass is 251 g/mol. The van der Waals surface area contributed by atoms with Crippen molar-refractivity contribution in [1.29, 1.82) is 0 Å². The lowest BCUT2D eigenvalue weighted by atomic mass is 10.0. The van der Waals surface area contributed by atoms with E-state index in [2.05, 4.69) is 11.1 Å². The van der Waals surface area contributed by atoms with Crippen LogP contribution in [0.1, 0.15) is 12.0 Å². The molecule has 1 aliphatic heterocycles. The first-order chi connectivity index (χ1) is 7.83. The van der Waals surface area contributed by atoms with Gasteiger partial charge in [-0.1, -0.05) is 11.6 Å². The Morgan fingerprint density at radius 1 is 1.38 bits per heavy atom. The van der Waals surface area contributed by atoms with Crippen molar-refractivity contribution < 1.29 is 4.74 Å². The summed E-state index contributed by atoms with van der Waals surface area (Å²) in [5.74, 6) is 1.01. The van der Waals surface area contributed by atoms with E-state index < -0.39 is 0 Å². The molecule has 0 spiro atoms. The summed E-state index contributed by atoms with van der Waals surface area (Å²) in [5.41, 5.74) is 3.34. The number of halogens is 1. The Kier molecular flexibility index (Phi) is 2.58. The number of benzene rings is 1. The second kappa shape index (κ2) is 4.07. The van der Waals surface area contributed by atoms with Gasteiger partial charge < -0.3 is 4.74 Å². The van der Waals surface area contributed by atoms with E-state index in [4.69, 9.17) is 16.3 Å². The fourth-order valence-corrected chi connectivity index (χ4v) is 2.68. The molecule has 82 valence electrons. The van der Waals surface area contributed by atoms with E-state index in [1.165, 1.54) is 16.9 Å². The van der Waals surface area contributed by atoms with Gasteiger partial charge in [-0.05, 0) is 36.6 Å². The normalized spacial score (nSPS) is 14.3. The topological polar surface area (TPSA) is 22.1 Å². The van der Waals surface area contributed by atoms with E-state index in [9.17, 15) is 0 Å². The highest BCUT2D eigenvalue weighted by Crippen LogP contribution is 2.31. The summed E-state index contributed by atoms with van der Waals surface area (Å²) in [6.45, 7) is 0.828. The number of thiazole rings is 1. The molecule has 1 aliphatic rings. The van der Waals surface area contributed by atoms with Gasteiger partial charge in [0.1, 0.15) is 5.75 Å². The van der Waals surface area contributed by atoms with Crippen LogP contribution in [0.25, 0.3) is 11.3 Å². The highest BCUT2D eigenvalue weighted by Gasteiger charge is 2.12. The molecule has 0 fully saturated rings. The lowest BCUT2D eigenvalue weighted by Crippen LogP contribution is -2.07. The summed E-state index contributed by atoms with van der Waals surface area (Å²) in [6, 6.07) is 6.21. The van der Waals surface area contributed by atoms with Gasteiger partial charge in [0.05, 0.1) is 12.3 Å².